The maximum Gasteiger partial charge on any atom is 0.417 e. The van der Waals surface area contributed by atoms with Gasteiger partial charge >= 0.3 is 18.4 Å². The normalized spacial score (nSPS) is 19.7. The van der Waals surface area contributed by atoms with Gasteiger partial charge in [0.05, 0.1) is 33.3 Å². The number of hydrogen-bond donors (Lipinski definition) is 1. The number of hydrogen-bond acceptors (Lipinski definition) is 3. The van der Waals surface area contributed by atoms with E-state index in [2.05, 4.69) is 10.4 Å². The number of methoxy groups -OCH3 is 1. The third-order valence-corrected chi connectivity index (χ3v) is 6.85. The minimum Gasteiger partial charge on any atom is -0.364 e. The monoisotopic (exact) mass is 569 g/mol. The Balaban J connectivity index is 1.94. The average molecular weight is 570 g/mol. The number of amides is 2. The van der Waals surface area contributed by atoms with E-state index >= 15 is 0 Å². The number of carbonyl (C=O) groups excluding carboxylic acids is 1. The maximum absolute atomic E-state index is 13.4. The molecule has 0 bridgehead atoms. The fraction of sp³-hybridized carbons (Fsp3) is 0.259. The molecular formula is C27H22ClF6N3O2. The van der Waals surface area contributed by atoms with E-state index in [-0.39, 0.29) is 18.0 Å². The number of rotatable bonds is 5. The van der Waals surface area contributed by atoms with Crippen LogP contribution in [0.5, 0.6) is 0 Å². The number of alkyl halides is 6. The lowest BCUT2D eigenvalue weighted by atomic mass is 9.69. The smallest absolute Gasteiger partial charge is 0.364 e. The molecule has 12 heteroatoms. The van der Waals surface area contributed by atoms with Crippen molar-refractivity contribution in [2.24, 2.45) is 5.10 Å². The predicted octanol–water partition coefficient (Wildman–Crippen LogP) is 7.41. The van der Waals surface area contributed by atoms with Gasteiger partial charge < -0.3 is 10.1 Å². The van der Waals surface area contributed by atoms with Gasteiger partial charge in [0.25, 0.3) is 0 Å². The molecule has 0 aromatic heterocycles. The molecule has 0 spiro atoms. The summed E-state index contributed by atoms with van der Waals surface area (Å²) in [5, 5.41) is 7.54. The Hall–Kier alpha value is -3.57. The number of halogens is 7. The van der Waals surface area contributed by atoms with Crippen LogP contribution in [-0.2, 0) is 22.5 Å². The highest BCUT2D eigenvalue weighted by Gasteiger charge is 2.52. The number of ether oxygens (including phenoxy) is 1. The van der Waals surface area contributed by atoms with E-state index in [0.29, 0.717) is 11.1 Å². The van der Waals surface area contributed by atoms with Crippen molar-refractivity contribution in [3.63, 3.8) is 0 Å². The van der Waals surface area contributed by atoms with Crippen LogP contribution in [-0.4, -0.2) is 30.6 Å². The summed E-state index contributed by atoms with van der Waals surface area (Å²) < 4.78 is 85.0. The van der Waals surface area contributed by atoms with Gasteiger partial charge in [-0.3, -0.25) is 0 Å². The molecule has 2 unspecified atom stereocenters. The van der Waals surface area contributed by atoms with E-state index in [1.165, 1.54) is 25.3 Å². The van der Waals surface area contributed by atoms with Gasteiger partial charge in [-0.25, -0.2) is 9.80 Å². The first-order chi connectivity index (χ1) is 18.3. The van der Waals surface area contributed by atoms with Crippen LogP contribution >= 0.6 is 11.6 Å². The first-order valence-corrected chi connectivity index (χ1v) is 11.9. The van der Waals surface area contributed by atoms with Crippen molar-refractivity contribution in [2.75, 3.05) is 13.8 Å². The minimum absolute atomic E-state index is 0.186. The highest BCUT2D eigenvalue weighted by Crippen LogP contribution is 2.49. The lowest BCUT2D eigenvalue weighted by molar-refractivity contribution is -0.138. The number of carbonyl (C=O) groups is 1. The fourth-order valence-electron chi connectivity index (χ4n) is 4.68. The number of hydrazone groups is 1. The molecule has 39 heavy (non-hydrogen) atoms. The summed E-state index contributed by atoms with van der Waals surface area (Å²) in [6.07, 6.45) is -9.27. The standard InChI is InChI=1S/C27H22ClF6N3O2/c1-25(18-6-4-3-5-7-18)22(17-10-13-20(21(28)14-17)27(32,33)34)36-37(24(38)35-15-39-2)23(25)16-8-11-19(12-9-16)26(29,30)31/h3-14,23H,15H2,1-2H3,(H,35,38). The third-order valence-electron chi connectivity index (χ3n) is 6.54. The summed E-state index contributed by atoms with van der Waals surface area (Å²) in [7, 11) is 1.35. The van der Waals surface area contributed by atoms with Gasteiger partial charge in [-0.15, -0.1) is 0 Å². The van der Waals surface area contributed by atoms with Crippen molar-refractivity contribution in [3.8, 4) is 0 Å². The largest absolute Gasteiger partial charge is 0.417 e. The molecule has 0 aliphatic carbocycles. The highest BCUT2D eigenvalue weighted by atomic mass is 35.5. The van der Waals surface area contributed by atoms with Crippen molar-refractivity contribution < 1.29 is 35.9 Å². The Labute approximate surface area is 225 Å². The molecule has 4 rings (SSSR count). The molecule has 206 valence electrons. The van der Waals surface area contributed by atoms with Crippen LogP contribution in [0.3, 0.4) is 0 Å². The zero-order valence-electron chi connectivity index (χ0n) is 20.6. The summed E-state index contributed by atoms with van der Waals surface area (Å²) in [5.41, 5.74) is -1.81. The van der Waals surface area contributed by atoms with Crippen molar-refractivity contribution in [3.05, 3.63) is 106 Å². The third kappa shape index (κ3) is 5.46. The molecular weight excluding hydrogens is 548 g/mol. The number of nitrogens with zero attached hydrogens (tertiary/aromatic N) is 2. The van der Waals surface area contributed by atoms with Gasteiger partial charge in [0, 0.05) is 12.7 Å². The van der Waals surface area contributed by atoms with Gasteiger partial charge in [0.15, 0.2) is 0 Å². The second kappa shape index (κ2) is 10.5. The van der Waals surface area contributed by atoms with Crippen LogP contribution in [0.4, 0.5) is 31.1 Å². The van der Waals surface area contributed by atoms with Gasteiger partial charge in [-0.1, -0.05) is 60.1 Å². The van der Waals surface area contributed by atoms with Crippen LogP contribution in [0.25, 0.3) is 0 Å². The molecule has 1 N–H and O–H groups in total. The number of nitrogens with one attached hydrogen (secondary N) is 1. The summed E-state index contributed by atoms with van der Waals surface area (Å²) >= 11 is 6.02. The second-order valence-corrected chi connectivity index (χ2v) is 9.40. The first-order valence-electron chi connectivity index (χ1n) is 11.5. The molecule has 1 aliphatic heterocycles. The lowest BCUT2D eigenvalue weighted by Gasteiger charge is -2.36. The molecule has 3 aromatic carbocycles. The summed E-state index contributed by atoms with van der Waals surface area (Å²) in [4.78, 5) is 13.2. The molecule has 5 nitrogen and oxygen atoms in total. The second-order valence-electron chi connectivity index (χ2n) is 8.99. The molecule has 2 atom stereocenters. The van der Waals surface area contributed by atoms with Crippen molar-refractivity contribution in [1.29, 1.82) is 0 Å². The molecule has 0 fully saturated rings. The Bertz CT molecular complexity index is 1380. The Kier molecular flexibility index (Phi) is 7.68. The van der Waals surface area contributed by atoms with Crippen molar-refractivity contribution in [1.82, 2.24) is 10.3 Å². The van der Waals surface area contributed by atoms with E-state index in [0.717, 1.165) is 29.3 Å². The Morgan fingerprint density at radius 3 is 2.18 bits per heavy atom. The van der Waals surface area contributed by atoms with Gasteiger partial charge in [-0.2, -0.15) is 31.4 Å². The first kappa shape index (κ1) is 28.4. The van der Waals surface area contributed by atoms with E-state index in [9.17, 15) is 31.1 Å². The summed E-state index contributed by atoms with van der Waals surface area (Å²) in [6, 6.07) is 14.4. The van der Waals surface area contributed by atoms with E-state index in [4.69, 9.17) is 16.3 Å². The van der Waals surface area contributed by atoms with Crippen LogP contribution < -0.4 is 5.32 Å². The number of urea groups is 1. The Morgan fingerprint density at radius 2 is 1.64 bits per heavy atom. The van der Waals surface area contributed by atoms with E-state index in [1.54, 1.807) is 37.3 Å². The van der Waals surface area contributed by atoms with Gasteiger partial charge in [-0.05, 0) is 42.3 Å². The van der Waals surface area contributed by atoms with Gasteiger partial charge in [0.1, 0.15) is 6.73 Å². The van der Waals surface area contributed by atoms with Crippen LogP contribution in [0.1, 0.15) is 40.8 Å². The summed E-state index contributed by atoms with van der Waals surface area (Å²) in [6.45, 7) is 1.53. The molecule has 3 aromatic rings. The summed E-state index contributed by atoms with van der Waals surface area (Å²) in [5.74, 6) is 0. The van der Waals surface area contributed by atoms with Crippen LogP contribution in [0.15, 0.2) is 77.9 Å². The van der Waals surface area contributed by atoms with Crippen molar-refractivity contribution in [2.45, 2.75) is 30.7 Å². The number of benzene rings is 3. The Morgan fingerprint density at radius 1 is 1.00 bits per heavy atom. The maximum atomic E-state index is 13.4. The molecule has 0 saturated carbocycles. The fourth-order valence-corrected chi connectivity index (χ4v) is 4.97. The zero-order chi connectivity index (χ0) is 28.6. The highest BCUT2D eigenvalue weighted by molar-refractivity contribution is 6.32. The van der Waals surface area contributed by atoms with E-state index in [1.807, 2.05) is 0 Å². The average Bonchev–Trinajstić information content (AvgIpc) is 3.20. The zero-order valence-corrected chi connectivity index (χ0v) is 21.3. The van der Waals surface area contributed by atoms with Gasteiger partial charge in [0.2, 0.25) is 0 Å². The van der Waals surface area contributed by atoms with Crippen LogP contribution in [0.2, 0.25) is 5.02 Å². The lowest BCUT2D eigenvalue weighted by Crippen LogP contribution is -2.44. The van der Waals surface area contributed by atoms with Crippen LogP contribution in [0, 0.1) is 0 Å². The molecule has 0 radical (unpaired) electrons. The van der Waals surface area contributed by atoms with E-state index < -0.39 is 46.0 Å². The molecule has 2 amide bonds. The molecule has 0 saturated heterocycles. The SMILES string of the molecule is COCNC(=O)N1N=C(c2ccc(C(F)(F)F)c(Cl)c2)C(C)(c2ccccc2)C1c1ccc(C(F)(F)F)cc1. The minimum atomic E-state index is -4.69. The topological polar surface area (TPSA) is 53.9 Å². The molecule has 1 aliphatic rings. The van der Waals surface area contributed by atoms with Crippen molar-refractivity contribution >= 4 is 23.3 Å². The predicted molar refractivity (Wildman–Crippen MR) is 133 cm³/mol. The quantitative estimate of drug-likeness (QED) is 0.257. The molecule has 1 heterocycles.